The second-order valence-electron chi connectivity index (χ2n) is 5.75. The first-order valence-corrected chi connectivity index (χ1v) is 7.23. The van der Waals surface area contributed by atoms with Crippen molar-refractivity contribution in [3.63, 3.8) is 0 Å². The van der Waals surface area contributed by atoms with Crippen LogP contribution in [0, 0.1) is 27.7 Å². The molecule has 0 aliphatic heterocycles. The van der Waals surface area contributed by atoms with Crippen LogP contribution in [0.3, 0.4) is 0 Å². The fourth-order valence-electron chi connectivity index (χ4n) is 2.39. The van der Waals surface area contributed by atoms with Crippen molar-refractivity contribution in [1.29, 1.82) is 0 Å². The lowest BCUT2D eigenvalue weighted by Gasteiger charge is -2.15. The first-order chi connectivity index (χ1) is 9.86. The van der Waals surface area contributed by atoms with Crippen molar-refractivity contribution in [2.24, 2.45) is 0 Å². The van der Waals surface area contributed by atoms with E-state index in [-0.39, 0.29) is 5.78 Å². The number of benzene rings is 2. The van der Waals surface area contributed by atoms with Crippen molar-refractivity contribution in [3.05, 3.63) is 64.2 Å². The lowest BCUT2D eigenvalue weighted by Crippen LogP contribution is -2.24. The quantitative estimate of drug-likeness (QED) is 0.768. The maximum absolute atomic E-state index is 12.5. The molecule has 0 aliphatic rings. The number of hydrogen-bond donors (Lipinski definition) is 0. The normalized spacial score (nSPS) is 12.0. The van der Waals surface area contributed by atoms with Gasteiger partial charge in [-0.25, -0.2) is 0 Å². The molecule has 0 spiro atoms. The Bertz CT molecular complexity index is 651. The molecule has 2 aromatic rings. The molecule has 2 aromatic carbocycles. The number of aryl methyl sites for hydroxylation is 4. The Balaban J connectivity index is 2.17. The van der Waals surface area contributed by atoms with E-state index in [1.807, 2.05) is 58.0 Å². The SMILES string of the molecule is Cc1cc(C)cc(OC(C)C(=O)c2ccc(C)c(C)c2)c1. The first-order valence-electron chi connectivity index (χ1n) is 7.23. The number of rotatable bonds is 4. The zero-order chi connectivity index (χ0) is 15.6. The van der Waals surface area contributed by atoms with Gasteiger partial charge in [0.05, 0.1) is 0 Å². The van der Waals surface area contributed by atoms with Crippen LogP contribution in [0.25, 0.3) is 0 Å². The van der Waals surface area contributed by atoms with Crippen molar-refractivity contribution in [3.8, 4) is 5.75 Å². The van der Waals surface area contributed by atoms with Crippen molar-refractivity contribution in [2.45, 2.75) is 40.7 Å². The molecule has 2 rings (SSSR count). The molecule has 0 aliphatic carbocycles. The summed E-state index contributed by atoms with van der Waals surface area (Å²) in [6.45, 7) is 9.90. The van der Waals surface area contributed by atoms with Crippen molar-refractivity contribution in [2.75, 3.05) is 0 Å². The first kappa shape index (κ1) is 15.3. The summed E-state index contributed by atoms with van der Waals surface area (Å²) in [6, 6.07) is 11.8. The summed E-state index contributed by atoms with van der Waals surface area (Å²) >= 11 is 0. The molecule has 110 valence electrons. The fourth-order valence-corrected chi connectivity index (χ4v) is 2.39. The van der Waals surface area contributed by atoms with Crippen molar-refractivity contribution in [1.82, 2.24) is 0 Å². The molecule has 0 saturated heterocycles. The van der Waals surface area contributed by atoms with Gasteiger partial charge >= 0.3 is 0 Å². The zero-order valence-electron chi connectivity index (χ0n) is 13.4. The van der Waals surface area contributed by atoms with E-state index in [1.165, 1.54) is 5.56 Å². The van der Waals surface area contributed by atoms with Crippen molar-refractivity contribution < 1.29 is 9.53 Å². The highest BCUT2D eigenvalue weighted by Gasteiger charge is 2.17. The van der Waals surface area contributed by atoms with Gasteiger partial charge in [-0.15, -0.1) is 0 Å². The molecule has 0 bridgehead atoms. The maximum Gasteiger partial charge on any atom is 0.203 e. The van der Waals surface area contributed by atoms with Crippen LogP contribution in [-0.2, 0) is 0 Å². The Morgan fingerprint density at radius 3 is 2.10 bits per heavy atom. The standard InChI is InChI=1S/C19H22O2/c1-12-8-13(2)10-18(9-12)21-16(5)19(20)17-7-6-14(3)15(4)11-17/h6-11,16H,1-5H3. The summed E-state index contributed by atoms with van der Waals surface area (Å²) < 4.78 is 5.81. The van der Waals surface area contributed by atoms with Gasteiger partial charge < -0.3 is 4.74 Å². The minimum atomic E-state index is -0.492. The van der Waals surface area contributed by atoms with E-state index < -0.39 is 6.10 Å². The van der Waals surface area contributed by atoms with Crippen LogP contribution in [0.4, 0.5) is 0 Å². The molecule has 1 atom stereocenters. The Morgan fingerprint density at radius 2 is 1.52 bits per heavy atom. The van der Waals surface area contributed by atoms with Gasteiger partial charge in [0.1, 0.15) is 5.75 Å². The molecular weight excluding hydrogens is 260 g/mol. The van der Waals surface area contributed by atoms with Crippen LogP contribution < -0.4 is 4.74 Å². The number of Topliss-reactive ketones (excluding diaryl/α,β-unsaturated/α-hetero) is 1. The predicted molar refractivity (Wildman–Crippen MR) is 86.3 cm³/mol. The van der Waals surface area contributed by atoms with E-state index >= 15 is 0 Å². The second kappa shape index (κ2) is 6.13. The van der Waals surface area contributed by atoms with Crippen LogP contribution in [-0.4, -0.2) is 11.9 Å². The summed E-state index contributed by atoms with van der Waals surface area (Å²) in [5.74, 6) is 0.759. The molecule has 0 aromatic heterocycles. The highest BCUT2D eigenvalue weighted by molar-refractivity contribution is 5.99. The minimum absolute atomic E-state index is 0.0114. The maximum atomic E-state index is 12.5. The molecule has 0 radical (unpaired) electrons. The second-order valence-corrected chi connectivity index (χ2v) is 5.75. The van der Waals surface area contributed by atoms with E-state index in [0.29, 0.717) is 5.56 Å². The summed E-state index contributed by atoms with van der Waals surface area (Å²) in [5, 5.41) is 0. The van der Waals surface area contributed by atoms with E-state index in [4.69, 9.17) is 4.74 Å². The van der Waals surface area contributed by atoms with E-state index in [1.54, 1.807) is 6.92 Å². The topological polar surface area (TPSA) is 26.3 Å². The summed E-state index contributed by atoms with van der Waals surface area (Å²) in [7, 11) is 0. The number of carbonyl (C=O) groups excluding carboxylic acids is 1. The van der Waals surface area contributed by atoms with Gasteiger partial charge in [-0.05, 0) is 75.1 Å². The molecule has 0 fully saturated rings. The van der Waals surface area contributed by atoms with Gasteiger partial charge in [0.25, 0.3) is 0 Å². The average Bonchev–Trinajstić information content (AvgIpc) is 2.39. The molecule has 1 unspecified atom stereocenters. The van der Waals surface area contributed by atoms with E-state index in [0.717, 1.165) is 22.4 Å². The summed E-state index contributed by atoms with van der Waals surface area (Å²) in [6.07, 6.45) is -0.492. The monoisotopic (exact) mass is 282 g/mol. The van der Waals surface area contributed by atoms with Gasteiger partial charge in [-0.3, -0.25) is 4.79 Å². The molecule has 0 N–H and O–H groups in total. The number of ether oxygens (including phenoxy) is 1. The Hall–Kier alpha value is -2.09. The molecule has 0 heterocycles. The van der Waals surface area contributed by atoms with Crippen molar-refractivity contribution >= 4 is 5.78 Å². The summed E-state index contributed by atoms with van der Waals surface area (Å²) in [5.41, 5.74) is 5.29. The highest BCUT2D eigenvalue weighted by Crippen LogP contribution is 2.19. The van der Waals surface area contributed by atoms with E-state index in [2.05, 4.69) is 6.07 Å². The van der Waals surface area contributed by atoms with Crippen LogP contribution in [0.2, 0.25) is 0 Å². The molecule has 0 amide bonds. The van der Waals surface area contributed by atoms with Crippen LogP contribution in [0.1, 0.15) is 39.5 Å². The third-order valence-electron chi connectivity index (χ3n) is 3.67. The number of carbonyl (C=O) groups is 1. The summed E-state index contributed by atoms with van der Waals surface area (Å²) in [4.78, 5) is 12.5. The fraction of sp³-hybridized carbons (Fsp3) is 0.316. The predicted octanol–water partition coefficient (Wildman–Crippen LogP) is 4.57. The number of hydrogen-bond acceptors (Lipinski definition) is 2. The Kier molecular flexibility index (Phi) is 4.46. The van der Waals surface area contributed by atoms with Gasteiger partial charge in [-0.1, -0.05) is 18.2 Å². The van der Waals surface area contributed by atoms with Crippen LogP contribution in [0.5, 0.6) is 5.75 Å². The zero-order valence-corrected chi connectivity index (χ0v) is 13.4. The Morgan fingerprint density at radius 1 is 0.905 bits per heavy atom. The van der Waals surface area contributed by atoms with Gasteiger partial charge in [0.2, 0.25) is 5.78 Å². The molecule has 21 heavy (non-hydrogen) atoms. The average molecular weight is 282 g/mol. The largest absolute Gasteiger partial charge is 0.483 e. The minimum Gasteiger partial charge on any atom is -0.483 e. The van der Waals surface area contributed by atoms with Gasteiger partial charge in [0.15, 0.2) is 6.10 Å². The van der Waals surface area contributed by atoms with Crippen LogP contribution >= 0.6 is 0 Å². The third-order valence-corrected chi connectivity index (χ3v) is 3.67. The molecular formula is C19H22O2. The van der Waals surface area contributed by atoms with E-state index in [9.17, 15) is 4.79 Å². The number of ketones is 1. The lowest BCUT2D eigenvalue weighted by molar-refractivity contribution is 0.0818. The molecule has 0 saturated carbocycles. The lowest BCUT2D eigenvalue weighted by atomic mass is 10.0. The molecule has 2 nitrogen and oxygen atoms in total. The third kappa shape index (κ3) is 3.72. The smallest absolute Gasteiger partial charge is 0.203 e. The van der Waals surface area contributed by atoms with Gasteiger partial charge in [-0.2, -0.15) is 0 Å². The Labute approximate surface area is 126 Å². The van der Waals surface area contributed by atoms with Gasteiger partial charge in [0, 0.05) is 5.56 Å². The molecule has 2 heteroatoms. The highest BCUT2D eigenvalue weighted by atomic mass is 16.5. The van der Waals surface area contributed by atoms with Crippen LogP contribution in [0.15, 0.2) is 36.4 Å².